The third-order valence-corrected chi connectivity index (χ3v) is 6.19. The zero-order valence-corrected chi connectivity index (χ0v) is 16.2. The highest BCUT2D eigenvalue weighted by Crippen LogP contribution is 2.31. The maximum absolute atomic E-state index is 13.0. The van der Waals surface area contributed by atoms with Crippen LogP contribution in [0.2, 0.25) is 5.02 Å². The lowest BCUT2D eigenvalue weighted by Crippen LogP contribution is -2.49. The van der Waals surface area contributed by atoms with Crippen molar-refractivity contribution in [1.29, 1.82) is 0 Å². The van der Waals surface area contributed by atoms with Crippen LogP contribution >= 0.6 is 11.6 Å². The summed E-state index contributed by atoms with van der Waals surface area (Å²) in [5.74, 6) is -0.199. The lowest BCUT2D eigenvalue weighted by atomic mass is 10.1. The van der Waals surface area contributed by atoms with Crippen LogP contribution < -0.4 is 5.32 Å². The van der Waals surface area contributed by atoms with Crippen LogP contribution in [0.5, 0.6) is 0 Å². The van der Waals surface area contributed by atoms with E-state index in [2.05, 4.69) is 15.2 Å². The second kappa shape index (κ2) is 7.93. The summed E-state index contributed by atoms with van der Waals surface area (Å²) in [5.41, 5.74) is 1.31. The Morgan fingerprint density at radius 3 is 2.30 bits per heavy atom. The van der Waals surface area contributed by atoms with Gasteiger partial charge in [-0.1, -0.05) is 37.3 Å². The first-order valence-corrected chi connectivity index (χ1v) is 10.4. The van der Waals surface area contributed by atoms with Gasteiger partial charge in [-0.2, -0.15) is 0 Å². The molecule has 2 aliphatic rings. The molecule has 2 N–H and O–H groups in total. The molecule has 0 bridgehead atoms. The van der Waals surface area contributed by atoms with Crippen molar-refractivity contribution in [2.75, 3.05) is 6.54 Å². The number of nitrogens with one attached hydrogen (secondary N) is 2. The molecule has 6 heteroatoms. The van der Waals surface area contributed by atoms with Crippen molar-refractivity contribution in [2.24, 2.45) is 0 Å². The summed E-state index contributed by atoms with van der Waals surface area (Å²) in [4.78, 5) is 30.7. The number of rotatable bonds is 5. The van der Waals surface area contributed by atoms with Crippen molar-refractivity contribution >= 4 is 34.3 Å². The van der Waals surface area contributed by atoms with E-state index < -0.39 is 0 Å². The van der Waals surface area contributed by atoms with E-state index in [0.29, 0.717) is 22.8 Å². The van der Waals surface area contributed by atoms with Crippen molar-refractivity contribution in [1.82, 2.24) is 15.2 Å². The molecule has 27 heavy (non-hydrogen) atoms. The maximum Gasteiger partial charge on any atom is 0.268 e. The predicted molar refractivity (Wildman–Crippen MR) is 107 cm³/mol. The molecule has 2 saturated carbocycles. The molecular formula is C21H26ClN3O2. The highest BCUT2D eigenvalue weighted by Gasteiger charge is 2.33. The van der Waals surface area contributed by atoms with Crippen LogP contribution in [0.25, 0.3) is 10.9 Å². The number of hydrogen-bond donors (Lipinski definition) is 2. The molecule has 2 aromatic rings. The SMILES string of the molecule is O=C(NCC(=O)N(C1CCCC1)C1CCCC1)c1cc2cc(Cl)ccc2[nH]1. The summed E-state index contributed by atoms with van der Waals surface area (Å²) in [6.45, 7) is 0.0575. The highest BCUT2D eigenvalue weighted by molar-refractivity contribution is 6.31. The van der Waals surface area contributed by atoms with Gasteiger partial charge in [-0.3, -0.25) is 9.59 Å². The van der Waals surface area contributed by atoms with Crippen LogP contribution in [0.1, 0.15) is 61.9 Å². The van der Waals surface area contributed by atoms with Crippen LogP contribution in [-0.4, -0.2) is 40.3 Å². The van der Waals surface area contributed by atoms with Crippen LogP contribution in [0, 0.1) is 0 Å². The number of aromatic amines is 1. The average molecular weight is 388 g/mol. The van der Waals surface area contributed by atoms with E-state index in [1.807, 2.05) is 12.1 Å². The summed E-state index contributed by atoms with van der Waals surface area (Å²) in [5, 5.41) is 4.33. The van der Waals surface area contributed by atoms with Crippen LogP contribution in [0.3, 0.4) is 0 Å². The van der Waals surface area contributed by atoms with Gasteiger partial charge in [-0.15, -0.1) is 0 Å². The van der Waals surface area contributed by atoms with Crippen LogP contribution in [0.15, 0.2) is 24.3 Å². The molecular weight excluding hydrogens is 362 g/mol. The van der Waals surface area contributed by atoms with Gasteiger partial charge in [0.2, 0.25) is 5.91 Å². The molecule has 2 aliphatic carbocycles. The molecule has 0 atom stereocenters. The van der Waals surface area contributed by atoms with E-state index in [1.165, 1.54) is 25.7 Å². The van der Waals surface area contributed by atoms with E-state index in [-0.39, 0.29) is 18.4 Å². The molecule has 1 aromatic heterocycles. The smallest absolute Gasteiger partial charge is 0.268 e. The van der Waals surface area contributed by atoms with Gasteiger partial charge in [0.15, 0.2) is 0 Å². The molecule has 0 saturated heterocycles. The second-order valence-electron chi connectivity index (χ2n) is 7.77. The maximum atomic E-state index is 13.0. The van der Waals surface area contributed by atoms with Crippen molar-refractivity contribution < 1.29 is 9.59 Å². The first kappa shape index (κ1) is 18.4. The zero-order chi connectivity index (χ0) is 18.8. The number of benzene rings is 1. The van der Waals surface area contributed by atoms with Gasteiger partial charge in [0, 0.05) is 28.0 Å². The summed E-state index contributed by atoms with van der Waals surface area (Å²) < 4.78 is 0. The number of halogens is 1. The molecule has 1 heterocycles. The zero-order valence-electron chi connectivity index (χ0n) is 15.5. The standard InChI is InChI=1S/C21H26ClN3O2/c22-15-9-10-18-14(11-15)12-19(24-18)21(27)23-13-20(26)25(16-5-1-2-6-16)17-7-3-4-8-17/h9-12,16-17,24H,1-8,13H2,(H,23,27). The predicted octanol–water partition coefficient (Wildman–Crippen LogP) is 4.26. The Labute approximate surface area is 164 Å². The largest absolute Gasteiger partial charge is 0.351 e. The number of nitrogens with zero attached hydrogens (tertiary/aromatic N) is 1. The first-order chi connectivity index (χ1) is 13.1. The highest BCUT2D eigenvalue weighted by atomic mass is 35.5. The summed E-state index contributed by atoms with van der Waals surface area (Å²) in [6, 6.07) is 7.93. The number of carbonyl (C=O) groups is 2. The third-order valence-electron chi connectivity index (χ3n) is 5.95. The van der Waals surface area contributed by atoms with Crippen molar-refractivity contribution in [3.05, 3.63) is 35.0 Å². The number of aromatic nitrogens is 1. The van der Waals surface area contributed by atoms with Gasteiger partial charge in [0.05, 0.1) is 6.54 Å². The van der Waals surface area contributed by atoms with E-state index in [4.69, 9.17) is 11.6 Å². The molecule has 0 spiro atoms. The summed E-state index contributed by atoms with van der Waals surface area (Å²) in [7, 11) is 0. The molecule has 2 fully saturated rings. The number of hydrogen-bond acceptors (Lipinski definition) is 2. The van der Waals surface area contributed by atoms with Gasteiger partial charge in [0.25, 0.3) is 5.91 Å². The summed E-state index contributed by atoms with van der Waals surface area (Å²) >= 11 is 6.00. The monoisotopic (exact) mass is 387 g/mol. The molecule has 0 unspecified atom stereocenters. The number of amides is 2. The molecule has 5 nitrogen and oxygen atoms in total. The molecule has 1 aromatic carbocycles. The number of carbonyl (C=O) groups excluding carboxylic acids is 2. The Morgan fingerprint density at radius 1 is 1.04 bits per heavy atom. The van der Waals surface area contributed by atoms with Gasteiger partial charge in [0.1, 0.15) is 5.69 Å². The first-order valence-electron chi connectivity index (χ1n) is 9.99. The average Bonchev–Trinajstić information content (AvgIpc) is 3.41. The minimum Gasteiger partial charge on any atom is -0.351 e. The number of fused-ring (bicyclic) bond motifs is 1. The Kier molecular flexibility index (Phi) is 5.39. The van der Waals surface area contributed by atoms with Gasteiger partial charge in [-0.25, -0.2) is 0 Å². The Bertz CT molecular complexity index is 819. The van der Waals surface area contributed by atoms with Gasteiger partial charge < -0.3 is 15.2 Å². The van der Waals surface area contributed by atoms with E-state index >= 15 is 0 Å². The fourth-order valence-corrected chi connectivity index (χ4v) is 4.82. The molecule has 2 amide bonds. The fraction of sp³-hybridized carbons (Fsp3) is 0.524. The van der Waals surface area contributed by atoms with E-state index in [1.54, 1.807) is 12.1 Å². The second-order valence-corrected chi connectivity index (χ2v) is 8.21. The van der Waals surface area contributed by atoms with E-state index in [0.717, 1.165) is 36.6 Å². The van der Waals surface area contributed by atoms with Crippen molar-refractivity contribution in [3.63, 3.8) is 0 Å². The van der Waals surface area contributed by atoms with Gasteiger partial charge >= 0.3 is 0 Å². The molecule has 0 radical (unpaired) electrons. The molecule has 0 aliphatic heterocycles. The quantitative estimate of drug-likeness (QED) is 0.804. The minimum atomic E-state index is -0.256. The Hall–Kier alpha value is -2.01. The normalized spacial score (nSPS) is 18.3. The van der Waals surface area contributed by atoms with Crippen LogP contribution in [-0.2, 0) is 4.79 Å². The van der Waals surface area contributed by atoms with Gasteiger partial charge in [-0.05, 0) is 49.9 Å². The lowest BCUT2D eigenvalue weighted by molar-refractivity contribution is -0.135. The summed E-state index contributed by atoms with van der Waals surface area (Å²) in [6.07, 6.45) is 9.18. The van der Waals surface area contributed by atoms with Crippen molar-refractivity contribution in [3.8, 4) is 0 Å². The molecule has 144 valence electrons. The van der Waals surface area contributed by atoms with E-state index in [9.17, 15) is 9.59 Å². The third kappa shape index (κ3) is 3.98. The Balaban J connectivity index is 1.42. The van der Waals surface area contributed by atoms with Crippen molar-refractivity contribution in [2.45, 2.75) is 63.5 Å². The van der Waals surface area contributed by atoms with Crippen LogP contribution in [0.4, 0.5) is 0 Å². The Morgan fingerprint density at radius 2 is 1.67 bits per heavy atom. The lowest BCUT2D eigenvalue weighted by Gasteiger charge is -2.34. The minimum absolute atomic E-state index is 0.0568. The molecule has 4 rings (SSSR count). The number of H-pyrrole nitrogens is 1. The fourth-order valence-electron chi connectivity index (χ4n) is 4.64. The topological polar surface area (TPSA) is 65.2 Å².